The SMILES string of the molecule is Cn1c(SCC(=O)NN=Cc2ccccc2F)nnc1-c1cccc(Cl)c1. The van der Waals surface area contributed by atoms with Crippen LogP contribution < -0.4 is 5.43 Å². The average molecular weight is 404 g/mol. The smallest absolute Gasteiger partial charge is 0.250 e. The van der Waals surface area contributed by atoms with Crippen molar-refractivity contribution in [3.05, 3.63) is 64.9 Å². The zero-order chi connectivity index (χ0) is 19.2. The molecule has 1 heterocycles. The van der Waals surface area contributed by atoms with E-state index < -0.39 is 5.82 Å². The minimum Gasteiger partial charge on any atom is -0.305 e. The minimum absolute atomic E-state index is 0.0934. The number of hydrazone groups is 1. The molecule has 1 aromatic heterocycles. The average Bonchev–Trinajstić information content (AvgIpc) is 3.02. The van der Waals surface area contributed by atoms with Gasteiger partial charge in [0.2, 0.25) is 0 Å². The van der Waals surface area contributed by atoms with Crippen molar-refractivity contribution >= 4 is 35.5 Å². The first-order chi connectivity index (χ1) is 13.0. The first kappa shape index (κ1) is 19.1. The van der Waals surface area contributed by atoms with Gasteiger partial charge in [0.15, 0.2) is 11.0 Å². The summed E-state index contributed by atoms with van der Waals surface area (Å²) < 4.78 is 15.2. The highest BCUT2D eigenvalue weighted by Gasteiger charge is 2.13. The highest BCUT2D eigenvalue weighted by molar-refractivity contribution is 7.99. The lowest BCUT2D eigenvalue weighted by molar-refractivity contribution is -0.118. The molecule has 0 aliphatic carbocycles. The van der Waals surface area contributed by atoms with Gasteiger partial charge in [-0.3, -0.25) is 4.79 Å². The summed E-state index contributed by atoms with van der Waals surface area (Å²) in [5, 5.41) is 13.2. The van der Waals surface area contributed by atoms with Gasteiger partial charge in [-0.1, -0.05) is 53.7 Å². The summed E-state index contributed by atoms with van der Waals surface area (Å²) in [6, 6.07) is 13.5. The number of aromatic nitrogens is 3. The third-order valence-corrected chi connectivity index (χ3v) is 4.80. The maximum absolute atomic E-state index is 13.5. The molecule has 3 aromatic rings. The van der Waals surface area contributed by atoms with Gasteiger partial charge in [0, 0.05) is 23.2 Å². The molecule has 0 spiro atoms. The lowest BCUT2D eigenvalue weighted by Crippen LogP contribution is -2.20. The monoisotopic (exact) mass is 403 g/mol. The van der Waals surface area contributed by atoms with Crippen LogP contribution in [-0.2, 0) is 11.8 Å². The van der Waals surface area contributed by atoms with Gasteiger partial charge < -0.3 is 4.57 Å². The van der Waals surface area contributed by atoms with E-state index in [1.54, 1.807) is 34.9 Å². The molecular weight excluding hydrogens is 389 g/mol. The van der Waals surface area contributed by atoms with Crippen molar-refractivity contribution in [2.75, 3.05) is 5.75 Å². The third kappa shape index (κ3) is 4.93. The van der Waals surface area contributed by atoms with Gasteiger partial charge in [-0.15, -0.1) is 10.2 Å². The zero-order valence-electron chi connectivity index (χ0n) is 14.3. The molecule has 6 nitrogen and oxygen atoms in total. The Labute approximate surface area is 164 Å². The number of thioether (sulfide) groups is 1. The van der Waals surface area contributed by atoms with Crippen LogP contribution in [-0.4, -0.2) is 32.6 Å². The second-order valence-electron chi connectivity index (χ2n) is 5.48. The molecule has 1 N–H and O–H groups in total. The summed E-state index contributed by atoms with van der Waals surface area (Å²) in [5.74, 6) is 0.00577. The highest BCUT2D eigenvalue weighted by Crippen LogP contribution is 2.24. The summed E-state index contributed by atoms with van der Waals surface area (Å²) in [7, 11) is 1.81. The van der Waals surface area contributed by atoms with Crippen molar-refractivity contribution in [3.8, 4) is 11.4 Å². The van der Waals surface area contributed by atoms with Gasteiger partial charge in [0.25, 0.3) is 5.91 Å². The lowest BCUT2D eigenvalue weighted by Gasteiger charge is -2.04. The molecule has 1 amide bonds. The number of amides is 1. The number of rotatable bonds is 6. The van der Waals surface area contributed by atoms with Crippen LogP contribution in [0.25, 0.3) is 11.4 Å². The van der Waals surface area contributed by atoms with Crippen LogP contribution in [0.5, 0.6) is 0 Å². The quantitative estimate of drug-likeness (QED) is 0.388. The molecule has 0 saturated heterocycles. The van der Waals surface area contributed by atoms with Gasteiger partial charge in [-0.25, -0.2) is 9.82 Å². The second kappa shape index (κ2) is 8.79. The molecule has 0 unspecified atom stereocenters. The van der Waals surface area contributed by atoms with Crippen LogP contribution in [0.2, 0.25) is 5.02 Å². The molecule has 0 aliphatic heterocycles. The molecule has 27 heavy (non-hydrogen) atoms. The van der Waals surface area contributed by atoms with Crippen LogP contribution in [0.4, 0.5) is 4.39 Å². The van der Waals surface area contributed by atoms with Crippen molar-refractivity contribution in [2.24, 2.45) is 12.1 Å². The van der Waals surface area contributed by atoms with Gasteiger partial charge in [-0.2, -0.15) is 5.10 Å². The summed E-state index contributed by atoms with van der Waals surface area (Å²) in [6.45, 7) is 0. The minimum atomic E-state index is -0.405. The molecule has 0 fully saturated rings. The predicted molar refractivity (Wildman–Crippen MR) is 104 cm³/mol. The van der Waals surface area contributed by atoms with Crippen molar-refractivity contribution in [1.29, 1.82) is 0 Å². The number of nitrogens with zero attached hydrogens (tertiary/aromatic N) is 4. The summed E-state index contributed by atoms with van der Waals surface area (Å²) >= 11 is 7.23. The first-order valence-electron chi connectivity index (χ1n) is 7.89. The molecule has 9 heteroatoms. The maximum Gasteiger partial charge on any atom is 0.250 e. The molecule has 3 rings (SSSR count). The Morgan fingerprint density at radius 1 is 1.30 bits per heavy atom. The fourth-order valence-corrected chi connectivity index (χ4v) is 3.13. The molecule has 0 radical (unpaired) electrons. The Morgan fingerprint density at radius 2 is 2.11 bits per heavy atom. The number of carbonyl (C=O) groups is 1. The van der Waals surface area contributed by atoms with Crippen molar-refractivity contribution in [2.45, 2.75) is 5.16 Å². The molecule has 0 atom stereocenters. The molecule has 0 aliphatic rings. The van der Waals surface area contributed by atoms with Crippen LogP contribution >= 0.6 is 23.4 Å². The number of halogens is 2. The van der Waals surface area contributed by atoms with Crippen LogP contribution in [0, 0.1) is 5.82 Å². The van der Waals surface area contributed by atoms with Crippen LogP contribution in [0.3, 0.4) is 0 Å². The molecule has 138 valence electrons. The van der Waals surface area contributed by atoms with Crippen LogP contribution in [0.15, 0.2) is 58.8 Å². The maximum atomic E-state index is 13.5. The second-order valence-corrected chi connectivity index (χ2v) is 6.86. The van der Waals surface area contributed by atoms with E-state index in [1.165, 1.54) is 24.0 Å². The van der Waals surface area contributed by atoms with E-state index >= 15 is 0 Å². The van der Waals surface area contributed by atoms with Crippen molar-refractivity contribution < 1.29 is 9.18 Å². The van der Waals surface area contributed by atoms with Crippen molar-refractivity contribution in [1.82, 2.24) is 20.2 Å². The largest absolute Gasteiger partial charge is 0.305 e. The summed E-state index contributed by atoms with van der Waals surface area (Å²) in [4.78, 5) is 11.9. The summed E-state index contributed by atoms with van der Waals surface area (Å²) in [6.07, 6.45) is 1.26. The lowest BCUT2D eigenvalue weighted by atomic mass is 10.2. The van der Waals surface area contributed by atoms with Gasteiger partial charge in [0.1, 0.15) is 5.82 Å². The van der Waals surface area contributed by atoms with E-state index in [2.05, 4.69) is 20.7 Å². The van der Waals surface area contributed by atoms with E-state index in [1.807, 2.05) is 19.2 Å². The highest BCUT2D eigenvalue weighted by atomic mass is 35.5. The van der Waals surface area contributed by atoms with E-state index in [0.29, 0.717) is 21.6 Å². The fourth-order valence-electron chi connectivity index (χ4n) is 2.24. The van der Waals surface area contributed by atoms with E-state index in [4.69, 9.17) is 11.6 Å². The normalized spacial score (nSPS) is 11.1. The number of carbonyl (C=O) groups excluding carboxylic acids is 1. The topological polar surface area (TPSA) is 72.2 Å². The Bertz CT molecular complexity index is 991. The predicted octanol–water partition coefficient (Wildman–Crippen LogP) is 3.52. The van der Waals surface area contributed by atoms with E-state index in [0.717, 1.165) is 5.56 Å². The fraction of sp³-hybridized carbons (Fsp3) is 0.111. The Balaban J connectivity index is 1.57. The molecule has 0 bridgehead atoms. The van der Waals surface area contributed by atoms with Crippen molar-refractivity contribution in [3.63, 3.8) is 0 Å². The van der Waals surface area contributed by atoms with E-state index in [-0.39, 0.29) is 11.7 Å². The zero-order valence-corrected chi connectivity index (χ0v) is 15.8. The van der Waals surface area contributed by atoms with Gasteiger partial charge in [0.05, 0.1) is 12.0 Å². The number of nitrogens with one attached hydrogen (secondary N) is 1. The molecular formula is C18H15ClFN5OS. The molecule has 2 aromatic carbocycles. The Morgan fingerprint density at radius 3 is 2.89 bits per heavy atom. The van der Waals surface area contributed by atoms with Gasteiger partial charge in [-0.05, 0) is 18.2 Å². The standard InChI is InChI=1S/C18H15ClFN5OS/c1-25-17(12-6-4-7-14(19)9-12)23-24-18(25)27-11-16(26)22-21-10-13-5-2-3-8-15(13)20/h2-10H,11H2,1H3,(H,22,26). The number of hydrogen-bond acceptors (Lipinski definition) is 5. The van der Waals surface area contributed by atoms with E-state index in [9.17, 15) is 9.18 Å². The van der Waals surface area contributed by atoms with Gasteiger partial charge >= 0.3 is 0 Å². The number of hydrogen-bond donors (Lipinski definition) is 1. The molecule has 0 saturated carbocycles. The number of benzene rings is 2. The Kier molecular flexibility index (Phi) is 6.20. The Hall–Kier alpha value is -2.71. The summed E-state index contributed by atoms with van der Waals surface area (Å²) in [5.41, 5.74) is 3.49. The first-order valence-corrected chi connectivity index (χ1v) is 9.25. The third-order valence-electron chi connectivity index (χ3n) is 3.55. The van der Waals surface area contributed by atoms with Crippen LogP contribution in [0.1, 0.15) is 5.56 Å².